The SMILES string of the molecule is Cc1c(CNC(=O)N2CCCCC2CCc2cccc(O)c2)cnn1C. The van der Waals surface area contributed by atoms with Crippen molar-refractivity contribution < 1.29 is 9.90 Å². The minimum Gasteiger partial charge on any atom is -0.508 e. The first kappa shape index (κ1) is 18.3. The topological polar surface area (TPSA) is 70.4 Å². The van der Waals surface area contributed by atoms with Crippen molar-refractivity contribution in [2.24, 2.45) is 7.05 Å². The molecule has 1 aromatic carbocycles. The van der Waals surface area contributed by atoms with E-state index in [0.29, 0.717) is 12.3 Å². The van der Waals surface area contributed by atoms with Gasteiger partial charge in [-0.3, -0.25) is 4.68 Å². The average molecular weight is 356 g/mol. The number of urea groups is 1. The highest BCUT2D eigenvalue weighted by Crippen LogP contribution is 2.22. The number of rotatable bonds is 5. The molecule has 0 aliphatic carbocycles. The Morgan fingerprint density at radius 1 is 1.38 bits per heavy atom. The smallest absolute Gasteiger partial charge is 0.317 e. The highest BCUT2D eigenvalue weighted by molar-refractivity contribution is 5.74. The van der Waals surface area contributed by atoms with E-state index in [1.54, 1.807) is 12.1 Å². The van der Waals surface area contributed by atoms with Gasteiger partial charge >= 0.3 is 6.03 Å². The maximum Gasteiger partial charge on any atom is 0.317 e. The Hall–Kier alpha value is -2.50. The van der Waals surface area contributed by atoms with Gasteiger partial charge in [-0.25, -0.2) is 4.79 Å². The number of carbonyl (C=O) groups excluding carboxylic acids is 1. The van der Waals surface area contributed by atoms with Gasteiger partial charge in [-0.2, -0.15) is 5.10 Å². The Bertz CT molecular complexity index is 756. The second-order valence-electron chi connectivity index (χ2n) is 7.09. The van der Waals surface area contributed by atoms with Crippen LogP contribution in [-0.4, -0.2) is 38.4 Å². The van der Waals surface area contributed by atoms with Crippen LogP contribution in [-0.2, 0) is 20.0 Å². The predicted octanol–water partition coefficient (Wildman–Crippen LogP) is 3.13. The number of hydrogen-bond donors (Lipinski definition) is 2. The number of likely N-dealkylation sites (tertiary alicyclic amines) is 1. The number of hydrogen-bond acceptors (Lipinski definition) is 3. The fraction of sp³-hybridized carbons (Fsp3) is 0.500. The van der Waals surface area contributed by atoms with Crippen molar-refractivity contribution in [1.29, 1.82) is 0 Å². The van der Waals surface area contributed by atoms with Gasteiger partial charge < -0.3 is 15.3 Å². The molecule has 1 aliphatic heterocycles. The average Bonchev–Trinajstić information content (AvgIpc) is 2.97. The Morgan fingerprint density at radius 3 is 2.96 bits per heavy atom. The number of amides is 2. The monoisotopic (exact) mass is 356 g/mol. The zero-order valence-corrected chi connectivity index (χ0v) is 15.6. The Labute approximate surface area is 154 Å². The van der Waals surface area contributed by atoms with Crippen LogP contribution in [0.1, 0.15) is 42.5 Å². The summed E-state index contributed by atoms with van der Waals surface area (Å²) in [5.74, 6) is 0.299. The molecule has 0 spiro atoms. The molecular weight excluding hydrogens is 328 g/mol. The lowest BCUT2D eigenvalue weighted by Crippen LogP contribution is -2.48. The van der Waals surface area contributed by atoms with E-state index in [9.17, 15) is 9.90 Å². The van der Waals surface area contributed by atoms with Crippen molar-refractivity contribution in [3.8, 4) is 5.75 Å². The summed E-state index contributed by atoms with van der Waals surface area (Å²) >= 11 is 0. The number of carbonyl (C=O) groups is 1. The van der Waals surface area contributed by atoms with Crippen LogP contribution in [0.3, 0.4) is 0 Å². The van der Waals surface area contributed by atoms with Gasteiger partial charge in [0.2, 0.25) is 0 Å². The van der Waals surface area contributed by atoms with Crippen molar-refractivity contribution in [1.82, 2.24) is 20.0 Å². The van der Waals surface area contributed by atoms with Crippen LogP contribution in [0.4, 0.5) is 4.79 Å². The number of nitrogens with zero attached hydrogens (tertiary/aromatic N) is 3. The summed E-state index contributed by atoms with van der Waals surface area (Å²) < 4.78 is 1.82. The zero-order valence-electron chi connectivity index (χ0n) is 15.6. The van der Waals surface area contributed by atoms with E-state index in [1.165, 1.54) is 0 Å². The summed E-state index contributed by atoms with van der Waals surface area (Å²) in [5.41, 5.74) is 3.24. The molecule has 2 amide bonds. The van der Waals surface area contributed by atoms with Gasteiger partial charge in [0.15, 0.2) is 0 Å². The highest BCUT2D eigenvalue weighted by atomic mass is 16.3. The van der Waals surface area contributed by atoms with Gasteiger partial charge in [0.1, 0.15) is 5.75 Å². The van der Waals surface area contributed by atoms with Crippen molar-refractivity contribution in [3.63, 3.8) is 0 Å². The number of aromatic hydroxyl groups is 1. The zero-order chi connectivity index (χ0) is 18.5. The minimum atomic E-state index is 0.00821. The molecule has 1 fully saturated rings. The molecule has 140 valence electrons. The maximum atomic E-state index is 12.7. The molecular formula is C20H28N4O2. The normalized spacial score (nSPS) is 17.3. The first-order chi connectivity index (χ1) is 12.5. The van der Waals surface area contributed by atoms with E-state index in [-0.39, 0.29) is 12.1 Å². The molecule has 1 atom stereocenters. The van der Waals surface area contributed by atoms with Crippen LogP contribution in [0.15, 0.2) is 30.5 Å². The van der Waals surface area contributed by atoms with E-state index in [4.69, 9.17) is 0 Å². The van der Waals surface area contributed by atoms with Crippen LogP contribution in [0.2, 0.25) is 0 Å². The quantitative estimate of drug-likeness (QED) is 0.865. The molecule has 0 bridgehead atoms. The Morgan fingerprint density at radius 2 is 2.23 bits per heavy atom. The summed E-state index contributed by atoms with van der Waals surface area (Å²) in [6.07, 6.45) is 6.86. The van der Waals surface area contributed by atoms with E-state index in [2.05, 4.69) is 10.4 Å². The van der Waals surface area contributed by atoms with E-state index in [1.807, 2.05) is 41.9 Å². The summed E-state index contributed by atoms with van der Waals surface area (Å²) in [6, 6.07) is 7.64. The van der Waals surface area contributed by atoms with Crippen molar-refractivity contribution in [2.75, 3.05) is 6.54 Å². The van der Waals surface area contributed by atoms with Gasteiger partial charge in [-0.05, 0) is 56.7 Å². The van der Waals surface area contributed by atoms with Gasteiger partial charge in [-0.1, -0.05) is 12.1 Å². The molecule has 2 heterocycles. The lowest BCUT2D eigenvalue weighted by Gasteiger charge is -2.36. The van der Waals surface area contributed by atoms with Crippen molar-refractivity contribution >= 4 is 6.03 Å². The van der Waals surface area contributed by atoms with Crippen LogP contribution >= 0.6 is 0 Å². The molecule has 6 heteroatoms. The third kappa shape index (κ3) is 4.36. The number of phenolic OH excluding ortho intramolecular Hbond substituents is 1. The molecule has 1 aromatic heterocycles. The van der Waals surface area contributed by atoms with E-state index >= 15 is 0 Å². The summed E-state index contributed by atoms with van der Waals surface area (Å²) in [6.45, 7) is 3.32. The molecule has 2 aromatic rings. The standard InChI is InChI=1S/C20H28N4O2/c1-15-17(14-22-23(15)2)13-21-20(26)24-11-4-3-7-18(24)10-9-16-6-5-8-19(25)12-16/h5-6,8,12,14,18,25H,3-4,7,9-11,13H2,1-2H3,(H,21,26). The number of piperidine rings is 1. The van der Waals surface area contributed by atoms with Crippen LogP contribution < -0.4 is 5.32 Å². The molecule has 26 heavy (non-hydrogen) atoms. The number of phenols is 1. The van der Waals surface area contributed by atoms with Crippen LogP contribution in [0.25, 0.3) is 0 Å². The lowest BCUT2D eigenvalue weighted by atomic mass is 9.96. The highest BCUT2D eigenvalue weighted by Gasteiger charge is 2.26. The minimum absolute atomic E-state index is 0.00821. The first-order valence-corrected chi connectivity index (χ1v) is 9.34. The first-order valence-electron chi connectivity index (χ1n) is 9.34. The van der Waals surface area contributed by atoms with Gasteiger partial charge in [-0.15, -0.1) is 0 Å². The fourth-order valence-electron chi connectivity index (χ4n) is 3.60. The van der Waals surface area contributed by atoms with Crippen molar-refractivity contribution in [3.05, 3.63) is 47.3 Å². The Balaban J connectivity index is 1.57. The molecule has 1 saturated heterocycles. The second-order valence-corrected chi connectivity index (χ2v) is 7.09. The number of nitrogens with one attached hydrogen (secondary N) is 1. The number of aromatic nitrogens is 2. The van der Waals surface area contributed by atoms with E-state index < -0.39 is 0 Å². The number of benzene rings is 1. The summed E-state index contributed by atoms with van der Waals surface area (Å²) in [7, 11) is 1.91. The molecule has 2 N–H and O–H groups in total. The van der Waals surface area contributed by atoms with Crippen molar-refractivity contribution in [2.45, 2.75) is 51.6 Å². The van der Waals surface area contributed by atoms with Gasteiger partial charge in [0.05, 0.1) is 6.20 Å². The largest absolute Gasteiger partial charge is 0.508 e. The fourth-order valence-corrected chi connectivity index (χ4v) is 3.60. The maximum absolute atomic E-state index is 12.7. The lowest BCUT2D eigenvalue weighted by molar-refractivity contribution is 0.146. The summed E-state index contributed by atoms with van der Waals surface area (Å²) in [4.78, 5) is 14.7. The molecule has 1 unspecified atom stereocenters. The molecule has 6 nitrogen and oxygen atoms in total. The predicted molar refractivity (Wildman–Crippen MR) is 101 cm³/mol. The third-order valence-corrected chi connectivity index (χ3v) is 5.33. The second kappa shape index (κ2) is 8.25. The molecule has 0 radical (unpaired) electrons. The van der Waals surface area contributed by atoms with Gasteiger partial charge in [0, 0.05) is 37.4 Å². The van der Waals surface area contributed by atoms with Gasteiger partial charge in [0.25, 0.3) is 0 Å². The molecule has 3 rings (SSSR count). The third-order valence-electron chi connectivity index (χ3n) is 5.33. The summed E-state index contributed by atoms with van der Waals surface area (Å²) in [5, 5.41) is 16.9. The van der Waals surface area contributed by atoms with Crippen LogP contribution in [0, 0.1) is 6.92 Å². The number of aryl methyl sites for hydroxylation is 2. The van der Waals surface area contributed by atoms with Crippen LogP contribution in [0.5, 0.6) is 5.75 Å². The molecule has 1 aliphatic rings. The van der Waals surface area contributed by atoms with E-state index in [0.717, 1.165) is 55.5 Å². The Kier molecular flexibility index (Phi) is 5.81. The molecule has 0 saturated carbocycles.